The molecular weight excluding hydrogens is 247 g/mol. The maximum Gasteiger partial charge on any atom is 0.336 e. The van der Waals surface area contributed by atoms with Crippen LogP contribution in [0.3, 0.4) is 0 Å². The second-order valence-corrected chi connectivity index (χ2v) is 3.65. The van der Waals surface area contributed by atoms with Crippen LogP contribution >= 0.6 is 0 Å². The average molecular weight is 258 g/mol. The Hall–Kier alpha value is -1.99. The van der Waals surface area contributed by atoms with Crippen molar-refractivity contribution < 1.29 is 34.4 Å². The van der Waals surface area contributed by atoms with Gasteiger partial charge < -0.3 is 20.4 Å². The summed E-state index contributed by atoms with van der Waals surface area (Å²) < 4.78 is 12.9. The van der Waals surface area contributed by atoms with Crippen LogP contribution in [0.1, 0.15) is 28.4 Å². The van der Waals surface area contributed by atoms with Crippen LogP contribution < -0.4 is 0 Å². The van der Waals surface area contributed by atoms with Crippen molar-refractivity contribution in [2.45, 2.75) is 18.6 Å². The Labute approximate surface area is 101 Å². The monoisotopic (exact) mass is 258 g/mol. The molecule has 2 atom stereocenters. The third kappa shape index (κ3) is 3.25. The highest BCUT2D eigenvalue weighted by atomic mass is 19.1. The standard InChI is InChI=1S/C11H11FO6/c12-5-1-2-6(7(3-5)11(17)18)10(16)8(13)4-9(14)15/h1-3,8,10,13,16H,4H2,(H,14,15)(H,17,18). The Morgan fingerprint density at radius 2 is 1.83 bits per heavy atom. The summed E-state index contributed by atoms with van der Waals surface area (Å²) in [4.78, 5) is 21.2. The first-order valence-electron chi connectivity index (χ1n) is 4.93. The first-order valence-corrected chi connectivity index (χ1v) is 4.93. The van der Waals surface area contributed by atoms with Crippen molar-refractivity contribution in [1.29, 1.82) is 0 Å². The Kier molecular flexibility index (Phi) is 4.35. The molecule has 1 aromatic carbocycles. The molecule has 0 radical (unpaired) electrons. The number of carbonyl (C=O) groups is 2. The van der Waals surface area contributed by atoms with Crippen molar-refractivity contribution in [3.05, 3.63) is 35.1 Å². The third-order valence-corrected chi connectivity index (χ3v) is 2.31. The van der Waals surface area contributed by atoms with Gasteiger partial charge in [0.15, 0.2) is 0 Å². The summed E-state index contributed by atoms with van der Waals surface area (Å²) in [6.45, 7) is 0. The predicted molar refractivity (Wildman–Crippen MR) is 56.6 cm³/mol. The second kappa shape index (κ2) is 5.56. The van der Waals surface area contributed by atoms with Crippen molar-refractivity contribution >= 4 is 11.9 Å². The van der Waals surface area contributed by atoms with Crippen LogP contribution in [0, 0.1) is 5.82 Å². The normalized spacial score (nSPS) is 13.9. The summed E-state index contributed by atoms with van der Waals surface area (Å²) in [6.07, 6.45) is -4.14. The third-order valence-electron chi connectivity index (χ3n) is 2.31. The number of hydrogen-bond donors (Lipinski definition) is 4. The van der Waals surface area contributed by atoms with Crippen molar-refractivity contribution in [1.82, 2.24) is 0 Å². The van der Waals surface area contributed by atoms with E-state index >= 15 is 0 Å². The lowest BCUT2D eigenvalue weighted by molar-refractivity contribution is -0.141. The molecule has 0 aliphatic heterocycles. The Morgan fingerprint density at radius 1 is 1.22 bits per heavy atom. The van der Waals surface area contributed by atoms with Gasteiger partial charge in [-0.05, 0) is 17.7 Å². The van der Waals surface area contributed by atoms with Crippen LogP contribution in [-0.2, 0) is 4.79 Å². The molecule has 0 bridgehead atoms. The summed E-state index contributed by atoms with van der Waals surface area (Å²) in [5.74, 6) is -3.64. The quantitative estimate of drug-likeness (QED) is 0.607. The van der Waals surface area contributed by atoms with Crippen LogP contribution in [0.15, 0.2) is 18.2 Å². The maximum atomic E-state index is 12.9. The number of carboxylic acids is 2. The fourth-order valence-corrected chi connectivity index (χ4v) is 1.47. The molecule has 2 unspecified atom stereocenters. The highest BCUT2D eigenvalue weighted by Crippen LogP contribution is 2.23. The molecule has 0 aromatic heterocycles. The minimum Gasteiger partial charge on any atom is -0.481 e. The zero-order valence-corrected chi connectivity index (χ0v) is 9.08. The van der Waals surface area contributed by atoms with Gasteiger partial charge in [-0.2, -0.15) is 0 Å². The average Bonchev–Trinajstić information content (AvgIpc) is 2.26. The van der Waals surface area contributed by atoms with Crippen LogP contribution in [0.25, 0.3) is 0 Å². The van der Waals surface area contributed by atoms with E-state index in [4.69, 9.17) is 10.2 Å². The SMILES string of the molecule is O=C(O)CC(O)C(O)c1ccc(F)cc1C(=O)O. The number of hydrogen-bond acceptors (Lipinski definition) is 4. The Balaban J connectivity index is 3.08. The van der Waals surface area contributed by atoms with E-state index in [-0.39, 0.29) is 5.56 Å². The number of rotatable bonds is 5. The topological polar surface area (TPSA) is 115 Å². The zero-order chi connectivity index (χ0) is 13.9. The van der Waals surface area contributed by atoms with Gasteiger partial charge in [-0.1, -0.05) is 6.07 Å². The van der Waals surface area contributed by atoms with E-state index in [0.717, 1.165) is 12.1 Å². The van der Waals surface area contributed by atoms with Gasteiger partial charge in [0.25, 0.3) is 0 Å². The van der Waals surface area contributed by atoms with Gasteiger partial charge in [0.1, 0.15) is 11.9 Å². The number of aromatic carboxylic acids is 1. The van der Waals surface area contributed by atoms with Crippen LogP contribution in [-0.4, -0.2) is 38.5 Å². The van der Waals surface area contributed by atoms with Gasteiger partial charge in [-0.3, -0.25) is 4.79 Å². The molecule has 0 heterocycles. The van der Waals surface area contributed by atoms with Gasteiger partial charge in [0, 0.05) is 0 Å². The summed E-state index contributed by atoms with van der Waals surface area (Å²) in [6, 6.07) is 2.60. The van der Waals surface area contributed by atoms with Crippen molar-refractivity contribution in [2.24, 2.45) is 0 Å². The van der Waals surface area contributed by atoms with E-state index in [9.17, 15) is 24.2 Å². The van der Waals surface area contributed by atoms with Crippen molar-refractivity contribution in [3.63, 3.8) is 0 Å². The number of benzene rings is 1. The lowest BCUT2D eigenvalue weighted by Gasteiger charge is -2.18. The molecule has 1 aromatic rings. The van der Waals surface area contributed by atoms with E-state index < -0.39 is 41.9 Å². The molecule has 1 rings (SSSR count). The van der Waals surface area contributed by atoms with E-state index in [1.165, 1.54) is 0 Å². The minimum atomic E-state index is -1.71. The molecule has 4 N–H and O–H groups in total. The smallest absolute Gasteiger partial charge is 0.336 e. The molecule has 0 saturated heterocycles. The highest BCUT2D eigenvalue weighted by molar-refractivity contribution is 5.89. The van der Waals surface area contributed by atoms with Crippen molar-refractivity contribution in [2.75, 3.05) is 0 Å². The molecule has 0 fully saturated rings. The number of halogens is 1. The van der Waals surface area contributed by atoms with Crippen LogP contribution in [0.4, 0.5) is 4.39 Å². The molecule has 0 spiro atoms. The molecule has 7 heteroatoms. The van der Waals surface area contributed by atoms with Gasteiger partial charge in [-0.15, -0.1) is 0 Å². The summed E-state index contributed by atoms with van der Waals surface area (Å²) in [5.41, 5.74) is -0.760. The van der Waals surface area contributed by atoms with Gasteiger partial charge in [0.2, 0.25) is 0 Å². The predicted octanol–water partition coefficient (Wildman–Crippen LogP) is 0.393. The Bertz CT molecular complexity index is 473. The summed E-state index contributed by atoms with van der Waals surface area (Å²) >= 11 is 0. The van der Waals surface area contributed by atoms with Gasteiger partial charge in [0.05, 0.1) is 18.1 Å². The zero-order valence-electron chi connectivity index (χ0n) is 9.08. The molecule has 0 aliphatic rings. The van der Waals surface area contributed by atoms with Gasteiger partial charge in [-0.25, -0.2) is 9.18 Å². The number of aliphatic carboxylic acids is 1. The molecule has 0 saturated carbocycles. The summed E-state index contributed by atoms with van der Waals surface area (Å²) in [5, 5.41) is 36.3. The van der Waals surface area contributed by atoms with E-state index in [0.29, 0.717) is 6.07 Å². The van der Waals surface area contributed by atoms with E-state index in [1.54, 1.807) is 0 Å². The Morgan fingerprint density at radius 3 is 2.33 bits per heavy atom. The molecule has 18 heavy (non-hydrogen) atoms. The maximum absolute atomic E-state index is 12.9. The molecular formula is C11H11FO6. The first kappa shape index (κ1) is 14.1. The van der Waals surface area contributed by atoms with Crippen LogP contribution in [0.2, 0.25) is 0 Å². The fourth-order valence-electron chi connectivity index (χ4n) is 1.47. The van der Waals surface area contributed by atoms with Crippen molar-refractivity contribution in [3.8, 4) is 0 Å². The summed E-state index contributed by atoms with van der Waals surface area (Å²) in [7, 11) is 0. The largest absolute Gasteiger partial charge is 0.481 e. The van der Waals surface area contributed by atoms with Crippen LogP contribution in [0.5, 0.6) is 0 Å². The molecule has 6 nitrogen and oxygen atoms in total. The number of aliphatic hydroxyl groups is 2. The highest BCUT2D eigenvalue weighted by Gasteiger charge is 2.25. The van der Waals surface area contributed by atoms with E-state index in [2.05, 4.69) is 0 Å². The van der Waals surface area contributed by atoms with Gasteiger partial charge >= 0.3 is 11.9 Å². The second-order valence-electron chi connectivity index (χ2n) is 3.65. The number of carboxylic acid groups (broad SMARTS) is 2. The lowest BCUT2D eigenvalue weighted by atomic mass is 9.97. The molecule has 0 amide bonds. The molecule has 0 aliphatic carbocycles. The fraction of sp³-hybridized carbons (Fsp3) is 0.273. The number of aliphatic hydroxyl groups excluding tert-OH is 2. The molecule has 98 valence electrons. The minimum absolute atomic E-state index is 0.238. The first-order chi connectivity index (χ1) is 8.32. The van der Waals surface area contributed by atoms with E-state index in [1.807, 2.05) is 0 Å². The lowest BCUT2D eigenvalue weighted by Crippen LogP contribution is -2.23.